The Morgan fingerprint density at radius 1 is 1.30 bits per heavy atom. The highest BCUT2D eigenvalue weighted by molar-refractivity contribution is 7.09. The molecule has 0 bridgehead atoms. The number of pyridine rings is 1. The van der Waals surface area contributed by atoms with E-state index in [1.165, 1.54) is 10.9 Å². The lowest BCUT2D eigenvalue weighted by Gasteiger charge is -2.17. The number of thiazole rings is 1. The van der Waals surface area contributed by atoms with Crippen LogP contribution >= 0.6 is 11.3 Å². The fourth-order valence-electron chi connectivity index (χ4n) is 2.28. The summed E-state index contributed by atoms with van der Waals surface area (Å²) in [6, 6.07) is 10.6. The molecular weight excluding hydrogens is 266 g/mol. The van der Waals surface area contributed by atoms with Crippen LogP contribution in [0.15, 0.2) is 41.9 Å². The van der Waals surface area contributed by atoms with E-state index in [1.54, 1.807) is 11.3 Å². The third kappa shape index (κ3) is 2.51. The molecule has 1 aromatic carbocycles. The smallest absolute Gasteiger partial charge is 0.130 e. The largest absolute Gasteiger partial charge is 0.361 e. The molecule has 0 radical (unpaired) electrons. The first kappa shape index (κ1) is 13.1. The Morgan fingerprint density at radius 2 is 2.15 bits per heavy atom. The second kappa shape index (κ2) is 5.59. The molecule has 2 aromatic heterocycles. The van der Waals surface area contributed by atoms with Crippen LogP contribution in [0.3, 0.4) is 0 Å². The van der Waals surface area contributed by atoms with Crippen molar-refractivity contribution in [2.45, 2.75) is 26.3 Å². The molecule has 1 atom stereocenters. The fraction of sp³-hybridized carbons (Fsp3) is 0.250. The summed E-state index contributed by atoms with van der Waals surface area (Å²) in [5, 5.41) is 7.83. The Kier molecular flexibility index (Phi) is 3.65. The average Bonchev–Trinajstić information content (AvgIpc) is 2.99. The van der Waals surface area contributed by atoms with Gasteiger partial charge < -0.3 is 5.32 Å². The van der Waals surface area contributed by atoms with E-state index >= 15 is 0 Å². The van der Waals surface area contributed by atoms with Crippen molar-refractivity contribution in [1.82, 2.24) is 9.97 Å². The Hall–Kier alpha value is -1.94. The zero-order valence-corrected chi connectivity index (χ0v) is 12.4. The van der Waals surface area contributed by atoms with Gasteiger partial charge in [0.1, 0.15) is 10.8 Å². The molecule has 20 heavy (non-hydrogen) atoms. The van der Waals surface area contributed by atoms with Gasteiger partial charge in [-0.25, -0.2) is 9.97 Å². The number of nitrogens with one attached hydrogen (secondary N) is 1. The zero-order valence-electron chi connectivity index (χ0n) is 11.6. The van der Waals surface area contributed by atoms with Crippen molar-refractivity contribution in [3.8, 4) is 0 Å². The van der Waals surface area contributed by atoms with Crippen LogP contribution in [0.4, 0.5) is 5.82 Å². The molecule has 3 nitrogen and oxygen atoms in total. The summed E-state index contributed by atoms with van der Waals surface area (Å²) >= 11 is 1.68. The van der Waals surface area contributed by atoms with E-state index < -0.39 is 0 Å². The first-order chi connectivity index (χ1) is 9.78. The van der Waals surface area contributed by atoms with Gasteiger partial charge in [0.05, 0.1) is 11.6 Å². The van der Waals surface area contributed by atoms with Crippen LogP contribution in [-0.4, -0.2) is 9.97 Å². The summed E-state index contributed by atoms with van der Waals surface area (Å²) in [4.78, 5) is 9.14. The van der Waals surface area contributed by atoms with Crippen molar-refractivity contribution in [3.05, 3.63) is 52.5 Å². The molecule has 4 heteroatoms. The molecule has 0 aliphatic rings. The van der Waals surface area contributed by atoms with E-state index in [0.29, 0.717) is 0 Å². The van der Waals surface area contributed by atoms with Gasteiger partial charge >= 0.3 is 0 Å². The monoisotopic (exact) mass is 283 g/mol. The SMILES string of the molecule is CCC(Nc1nc2ccccc2cc1C)c1nccs1. The van der Waals surface area contributed by atoms with Gasteiger partial charge in [-0.15, -0.1) is 11.3 Å². The summed E-state index contributed by atoms with van der Waals surface area (Å²) in [6.07, 6.45) is 2.84. The number of fused-ring (bicyclic) bond motifs is 1. The molecule has 2 heterocycles. The van der Waals surface area contributed by atoms with Gasteiger partial charge in [0.25, 0.3) is 0 Å². The highest BCUT2D eigenvalue weighted by atomic mass is 32.1. The van der Waals surface area contributed by atoms with Gasteiger partial charge in [0.15, 0.2) is 0 Å². The van der Waals surface area contributed by atoms with Gasteiger partial charge in [-0.3, -0.25) is 0 Å². The summed E-state index contributed by atoms with van der Waals surface area (Å²) < 4.78 is 0. The summed E-state index contributed by atoms with van der Waals surface area (Å²) in [7, 11) is 0. The molecule has 0 aliphatic carbocycles. The van der Waals surface area contributed by atoms with E-state index in [4.69, 9.17) is 4.98 Å². The number of anilines is 1. The summed E-state index contributed by atoms with van der Waals surface area (Å²) in [5.41, 5.74) is 2.19. The van der Waals surface area contributed by atoms with Gasteiger partial charge in [-0.1, -0.05) is 25.1 Å². The number of para-hydroxylation sites is 1. The topological polar surface area (TPSA) is 37.8 Å². The van der Waals surface area contributed by atoms with Crippen LogP contribution in [0.1, 0.15) is 30.0 Å². The predicted molar refractivity (Wildman–Crippen MR) is 85.2 cm³/mol. The number of aryl methyl sites for hydroxylation is 1. The van der Waals surface area contributed by atoms with Crippen molar-refractivity contribution in [2.75, 3.05) is 5.32 Å². The highest BCUT2D eigenvalue weighted by Crippen LogP contribution is 2.26. The number of nitrogens with zero attached hydrogens (tertiary/aromatic N) is 2. The number of hydrogen-bond donors (Lipinski definition) is 1. The minimum absolute atomic E-state index is 0.224. The quantitative estimate of drug-likeness (QED) is 0.762. The van der Waals surface area contributed by atoms with Gasteiger partial charge in [0, 0.05) is 17.0 Å². The maximum atomic E-state index is 4.74. The molecule has 102 valence electrons. The van der Waals surface area contributed by atoms with Gasteiger partial charge in [0.2, 0.25) is 0 Å². The first-order valence-corrected chi connectivity index (χ1v) is 7.68. The van der Waals surface area contributed by atoms with Crippen LogP contribution in [0.25, 0.3) is 10.9 Å². The lowest BCUT2D eigenvalue weighted by Crippen LogP contribution is -2.11. The molecule has 3 aromatic rings. The Labute approximate surface area is 122 Å². The van der Waals surface area contributed by atoms with Crippen LogP contribution < -0.4 is 5.32 Å². The number of benzene rings is 1. The molecule has 0 spiro atoms. The Bertz CT molecular complexity index is 707. The van der Waals surface area contributed by atoms with Crippen molar-refractivity contribution >= 4 is 28.1 Å². The molecular formula is C16H17N3S. The standard InChI is InChI=1S/C16H17N3S/c1-3-13(16-17-8-9-20-16)18-15-11(2)10-12-6-4-5-7-14(12)19-15/h4-10,13H,3H2,1-2H3,(H,18,19). The van der Waals surface area contributed by atoms with E-state index in [1.807, 2.05) is 29.8 Å². The van der Waals surface area contributed by atoms with E-state index in [2.05, 4.69) is 36.3 Å². The minimum Gasteiger partial charge on any atom is -0.361 e. The third-order valence-corrected chi connectivity index (χ3v) is 4.27. The molecule has 3 rings (SSSR count). The summed E-state index contributed by atoms with van der Waals surface area (Å²) in [5.74, 6) is 0.950. The Balaban J connectivity index is 1.95. The predicted octanol–water partition coefficient (Wildman–Crippen LogP) is 4.56. The molecule has 0 aliphatic heterocycles. The lowest BCUT2D eigenvalue weighted by molar-refractivity contribution is 0.737. The van der Waals surface area contributed by atoms with E-state index in [9.17, 15) is 0 Å². The van der Waals surface area contributed by atoms with E-state index in [-0.39, 0.29) is 6.04 Å². The van der Waals surface area contributed by atoms with Crippen LogP contribution in [0, 0.1) is 6.92 Å². The fourth-order valence-corrected chi connectivity index (χ4v) is 3.05. The molecule has 0 amide bonds. The molecule has 0 saturated carbocycles. The minimum atomic E-state index is 0.224. The van der Waals surface area contributed by atoms with Gasteiger partial charge in [-0.05, 0) is 31.0 Å². The molecule has 0 saturated heterocycles. The van der Waals surface area contributed by atoms with Crippen LogP contribution in [0.5, 0.6) is 0 Å². The lowest BCUT2D eigenvalue weighted by atomic mass is 10.1. The van der Waals surface area contributed by atoms with Crippen LogP contribution in [-0.2, 0) is 0 Å². The summed E-state index contributed by atoms with van der Waals surface area (Å²) in [6.45, 7) is 4.26. The van der Waals surface area contributed by atoms with Crippen molar-refractivity contribution < 1.29 is 0 Å². The second-order valence-electron chi connectivity index (χ2n) is 4.82. The van der Waals surface area contributed by atoms with Crippen molar-refractivity contribution in [1.29, 1.82) is 0 Å². The maximum absolute atomic E-state index is 4.74. The third-order valence-electron chi connectivity index (χ3n) is 3.38. The van der Waals surface area contributed by atoms with Gasteiger partial charge in [-0.2, -0.15) is 0 Å². The molecule has 0 fully saturated rings. The molecule has 1 N–H and O–H groups in total. The second-order valence-corrected chi connectivity index (χ2v) is 5.75. The number of rotatable bonds is 4. The van der Waals surface area contributed by atoms with E-state index in [0.717, 1.165) is 22.8 Å². The van der Waals surface area contributed by atoms with Crippen molar-refractivity contribution in [2.24, 2.45) is 0 Å². The van der Waals surface area contributed by atoms with Crippen molar-refractivity contribution in [3.63, 3.8) is 0 Å². The molecule has 1 unspecified atom stereocenters. The first-order valence-electron chi connectivity index (χ1n) is 6.80. The number of aromatic nitrogens is 2. The Morgan fingerprint density at radius 3 is 2.90 bits per heavy atom. The maximum Gasteiger partial charge on any atom is 0.130 e. The zero-order chi connectivity index (χ0) is 13.9. The van der Waals surface area contributed by atoms with Crippen LogP contribution in [0.2, 0.25) is 0 Å². The normalized spacial score (nSPS) is 12.5. The number of hydrogen-bond acceptors (Lipinski definition) is 4. The average molecular weight is 283 g/mol. The highest BCUT2D eigenvalue weighted by Gasteiger charge is 2.14.